The molecular weight excluding hydrogens is 290 g/mol. The van der Waals surface area contributed by atoms with Crippen LogP contribution < -0.4 is 0 Å². The standard InChI is InChI=1S/C15H17NO4S/c1-3-13(15(17)18)16(2)21(19,20)14-10-6-8-11-7-4-5-9-12(11)14/h4-10,13H,3H2,1-2H3,(H,17,18). The summed E-state index contributed by atoms with van der Waals surface area (Å²) in [6, 6.07) is 11.0. The molecule has 2 aromatic carbocycles. The zero-order valence-electron chi connectivity index (χ0n) is 11.9. The molecule has 1 unspecified atom stereocenters. The Morgan fingerprint density at radius 2 is 1.81 bits per heavy atom. The Morgan fingerprint density at radius 3 is 2.43 bits per heavy atom. The van der Waals surface area contributed by atoms with Gasteiger partial charge >= 0.3 is 5.97 Å². The third-order valence-corrected chi connectivity index (χ3v) is 5.44. The van der Waals surface area contributed by atoms with E-state index >= 15 is 0 Å². The summed E-state index contributed by atoms with van der Waals surface area (Å²) in [5.74, 6) is -1.15. The molecule has 2 rings (SSSR count). The van der Waals surface area contributed by atoms with Crippen molar-refractivity contribution in [3.8, 4) is 0 Å². The molecule has 1 atom stereocenters. The van der Waals surface area contributed by atoms with Gasteiger partial charge in [0.1, 0.15) is 6.04 Å². The molecule has 0 aliphatic carbocycles. The normalized spacial score (nSPS) is 13.5. The van der Waals surface area contributed by atoms with E-state index < -0.39 is 22.0 Å². The number of likely N-dealkylation sites (N-methyl/N-ethyl adjacent to an activating group) is 1. The zero-order chi connectivity index (χ0) is 15.6. The molecule has 5 nitrogen and oxygen atoms in total. The second-order valence-electron chi connectivity index (χ2n) is 4.76. The first-order valence-corrected chi connectivity index (χ1v) is 8.02. The first-order valence-electron chi connectivity index (χ1n) is 6.58. The van der Waals surface area contributed by atoms with Gasteiger partial charge in [0.05, 0.1) is 4.90 Å². The first kappa shape index (κ1) is 15.5. The van der Waals surface area contributed by atoms with E-state index in [4.69, 9.17) is 5.11 Å². The summed E-state index contributed by atoms with van der Waals surface area (Å²) in [5.41, 5.74) is 0. The SMILES string of the molecule is CCC(C(=O)O)N(C)S(=O)(=O)c1cccc2ccccc12. The Labute approximate surface area is 123 Å². The summed E-state index contributed by atoms with van der Waals surface area (Å²) in [6.07, 6.45) is 0.204. The maximum absolute atomic E-state index is 12.7. The third-order valence-electron chi connectivity index (χ3n) is 3.52. The number of nitrogens with zero attached hydrogens (tertiary/aromatic N) is 1. The average molecular weight is 307 g/mol. The predicted molar refractivity (Wildman–Crippen MR) is 80.6 cm³/mol. The summed E-state index contributed by atoms with van der Waals surface area (Å²) in [6.45, 7) is 1.65. The van der Waals surface area contributed by atoms with Crippen LogP contribution in [0.25, 0.3) is 10.8 Å². The molecule has 0 saturated carbocycles. The van der Waals surface area contributed by atoms with Crippen LogP contribution in [0.2, 0.25) is 0 Å². The molecule has 0 saturated heterocycles. The zero-order valence-corrected chi connectivity index (χ0v) is 12.7. The van der Waals surface area contributed by atoms with E-state index in [1.165, 1.54) is 13.1 Å². The van der Waals surface area contributed by atoms with Crippen molar-refractivity contribution in [2.75, 3.05) is 7.05 Å². The van der Waals surface area contributed by atoms with Gasteiger partial charge in [0.2, 0.25) is 10.0 Å². The highest BCUT2D eigenvalue weighted by Crippen LogP contribution is 2.26. The fraction of sp³-hybridized carbons (Fsp3) is 0.267. The van der Waals surface area contributed by atoms with Crippen molar-refractivity contribution in [1.82, 2.24) is 4.31 Å². The van der Waals surface area contributed by atoms with E-state index in [-0.39, 0.29) is 11.3 Å². The largest absolute Gasteiger partial charge is 0.480 e. The van der Waals surface area contributed by atoms with Crippen LogP contribution in [-0.4, -0.2) is 36.9 Å². The van der Waals surface area contributed by atoms with Crippen LogP contribution >= 0.6 is 0 Å². The maximum atomic E-state index is 12.7. The van der Waals surface area contributed by atoms with E-state index in [0.29, 0.717) is 5.39 Å². The number of rotatable bonds is 5. The van der Waals surface area contributed by atoms with E-state index in [2.05, 4.69) is 0 Å². The molecule has 112 valence electrons. The van der Waals surface area contributed by atoms with Crippen LogP contribution in [0, 0.1) is 0 Å². The highest BCUT2D eigenvalue weighted by atomic mass is 32.2. The molecule has 0 aliphatic rings. The van der Waals surface area contributed by atoms with Gasteiger partial charge in [-0.1, -0.05) is 43.3 Å². The molecule has 0 aromatic heterocycles. The van der Waals surface area contributed by atoms with Crippen LogP contribution in [0.3, 0.4) is 0 Å². The van der Waals surface area contributed by atoms with Gasteiger partial charge in [-0.15, -0.1) is 0 Å². The van der Waals surface area contributed by atoms with Gasteiger partial charge in [-0.25, -0.2) is 8.42 Å². The van der Waals surface area contributed by atoms with Crippen LogP contribution in [0.4, 0.5) is 0 Å². The van der Waals surface area contributed by atoms with Crippen molar-refractivity contribution in [2.45, 2.75) is 24.3 Å². The lowest BCUT2D eigenvalue weighted by molar-refractivity contribution is -0.141. The van der Waals surface area contributed by atoms with Crippen molar-refractivity contribution >= 4 is 26.8 Å². The quantitative estimate of drug-likeness (QED) is 0.920. The van der Waals surface area contributed by atoms with Gasteiger partial charge < -0.3 is 5.11 Å². The van der Waals surface area contributed by atoms with Gasteiger partial charge in [0.15, 0.2) is 0 Å². The highest BCUT2D eigenvalue weighted by molar-refractivity contribution is 7.89. The highest BCUT2D eigenvalue weighted by Gasteiger charge is 2.32. The number of sulfonamides is 1. The minimum Gasteiger partial charge on any atom is -0.480 e. The number of carbonyl (C=O) groups is 1. The number of fused-ring (bicyclic) bond motifs is 1. The van der Waals surface area contributed by atoms with Crippen LogP contribution in [-0.2, 0) is 14.8 Å². The fourth-order valence-electron chi connectivity index (χ4n) is 2.33. The summed E-state index contributed by atoms with van der Waals surface area (Å²) in [5, 5.41) is 10.6. The molecule has 0 spiro atoms. The maximum Gasteiger partial charge on any atom is 0.321 e. The van der Waals surface area contributed by atoms with Crippen LogP contribution in [0.5, 0.6) is 0 Å². The summed E-state index contributed by atoms with van der Waals surface area (Å²) in [4.78, 5) is 11.3. The molecule has 0 bridgehead atoms. The van der Waals surface area contributed by atoms with Gasteiger partial charge in [0, 0.05) is 12.4 Å². The topological polar surface area (TPSA) is 74.7 Å². The van der Waals surface area contributed by atoms with Crippen LogP contribution in [0.1, 0.15) is 13.3 Å². The molecule has 1 N–H and O–H groups in total. The van der Waals surface area contributed by atoms with E-state index in [1.807, 2.05) is 18.2 Å². The van der Waals surface area contributed by atoms with Gasteiger partial charge in [-0.05, 0) is 17.9 Å². The Balaban J connectivity index is 2.59. The fourth-order valence-corrected chi connectivity index (χ4v) is 3.93. The van der Waals surface area contributed by atoms with Crippen LogP contribution in [0.15, 0.2) is 47.4 Å². The Kier molecular flexibility index (Phi) is 4.29. The predicted octanol–water partition coefficient (Wildman–Crippen LogP) is 2.32. The Bertz CT molecular complexity index is 765. The summed E-state index contributed by atoms with van der Waals surface area (Å²) in [7, 11) is -2.56. The second kappa shape index (κ2) is 5.83. The Hall–Kier alpha value is -1.92. The van der Waals surface area contributed by atoms with E-state index in [1.54, 1.807) is 25.1 Å². The van der Waals surface area contributed by atoms with Crippen molar-refractivity contribution in [2.24, 2.45) is 0 Å². The summed E-state index contributed by atoms with van der Waals surface area (Å²) < 4.78 is 26.4. The summed E-state index contributed by atoms with van der Waals surface area (Å²) >= 11 is 0. The molecule has 0 radical (unpaired) electrons. The molecule has 21 heavy (non-hydrogen) atoms. The molecule has 2 aromatic rings. The van der Waals surface area contributed by atoms with Crippen molar-refractivity contribution in [1.29, 1.82) is 0 Å². The number of hydrogen-bond donors (Lipinski definition) is 1. The molecular formula is C15H17NO4S. The molecule has 0 heterocycles. The number of aliphatic carboxylic acids is 1. The van der Waals surface area contributed by atoms with Crippen molar-refractivity contribution in [3.63, 3.8) is 0 Å². The molecule has 6 heteroatoms. The molecule has 0 aliphatic heterocycles. The first-order chi connectivity index (χ1) is 9.89. The lowest BCUT2D eigenvalue weighted by Gasteiger charge is -2.23. The average Bonchev–Trinajstić information content (AvgIpc) is 2.46. The minimum atomic E-state index is -3.87. The monoisotopic (exact) mass is 307 g/mol. The van der Waals surface area contributed by atoms with Gasteiger partial charge in [-0.2, -0.15) is 4.31 Å². The van der Waals surface area contributed by atoms with Crippen molar-refractivity contribution < 1.29 is 18.3 Å². The van der Waals surface area contributed by atoms with Gasteiger partial charge in [0.25, 0.3) is 0 Å². The minimum absolute atomic E-state index is 0.128. The lowest BCUT2D eigenvalue weighted by Crippen LogP contribution is -2.41. The number of benzene rings is 2. The molecule has 0 amide bonds. The Morgan fingerprint density at radius 1 is 1.19 bits per heavy atom. The number of hydrogen-bond acceptors (Lipinski definition) is 3. The number of carboxylic acids is 1. The van der Waals surface area contributed by atoms with Crippen molar-refractivity contribution in [3.05, 3.63) is 42.5 Å². The third kappa shape index (κ3) is 2.77. The van der Waals surface area contributed by atoms with E-state index in [0.717, 1.165) is 9.69 Å². The van der Waals surface area contributed by atoms with Gasteiger partial charge in [-0.3, -0.25) is 4.79 Å². The lowest BCUT2D eigenvalue weighted by atomic mass is 10.1. The smallest absolute Gasteiger partial charge is 0.321 e. The number of carboxylic acid groups (broad SMARTS) is 1. The van der Waals surface area contributed by atoms with E-state index in [9.17, 15) is 13.2 Å². The second-order valence-corrected chi connectivity index (χ2v) is 6.73. The molecule has 0 fully saturated rings.